The minimum Gasteiger partial charge on any atom is -0.461 e. The normalized spacial score (nSPS) is 17.0. The summed E-state index contributed by atoms with van der Waals surface area (Å²) in [5, 5.41) is 10.1. The van der Waals surface area contributed by atoms with E-state index in [0.29, 0.717) is 17.7 Å². The summed E-state index contributed by atoms with van der Waals surface area (Å²) in [5.41, 5.74) is 1.16. The van der Waals surface area contributed by atoms with Crippen LogP contribution in [0.5, 0.6) is 0 Å². The number of hydrogen-bond donors (Lipinski definition) is 1. The van der Waals surface area contributed by atoms with E-state index in [-0.39, 0.29) is 30.7 Å². The highest BCUT2D eigenvalue weighted by Gasteiger charge is 2.20. The molecule has 0 bridgehead atoms. The Bertz CT molecular complexity index is 728. The molecule has 1 fully saturated rings. The Morgan fingerprint density at radius 2 is 2.32 bits per heavy atom. The Morgan fingerprint density at radius 3 is 3.04 bits per heavy atom. The van der Waals surface area contributed by atoms with Crippen LogP contribution in [0.25, 0.3) is 11.3 Å². The zero-order chi connectivity index (χ0) is 17.6. The van der Waals surface area contributed by atoms with Gasteiger partial charge in [-0.05, 0) is 25.8 Å². The third-order valence-electron chi connectivity index (χ3n) is 3.93. The number of H-pyrrole nitrogens is 1. The van der Waals surface area contributed by atoms with Crippen LogP contribution in [0.15, 0.2) is 18.2 Å². The van der Waals surface area contributed by atoms with Crippen LogP contribution in [-0.2, 0) is 20.8 Å². The van der Waals surface area contributed by atoms with Gasteiger partial charge in [0.05, 0.1) is 25.9 Å². The van der Waals surface area contributed by atoms with E-state index in [1.54, 1.807) is 19.1 Å². The lowest BCUT2D eigenvalue weighted by molar-refractivity contribution is 0.00983. The van der Waals surface area contributed by atoms with Crippen molar-refractivity contribution < 1.29 is 23.4 Å². The third kappa shape index (κ3) is 4.21. The van der Waals surface area contributed by atoms with E-state index < -0.39 is 11.8 Å². The molecule has 2 aromatic rings. The maximum Gasteiger partial charge on any atom is 0.361 e. The Morgan fingerprint density at radius 1 is 1.44 bits per heavy atom. The molecule has 8 heteroatoms. The number of nitrogens with zero attached hydrogens (tertiary/aromatic N) is 2. The maximum absolute atomic E-state index is 14.3. The van der Waals surface area contributed by atoms with Gasteiger partial charge >= 0.3 is 5.97 Å². The van der Waals surface area contributed by atoms with Gasteiger partial charge in [0, 0.05) is 17.7 Å². The second-order valence-corrected chi connectivity index (χ2v) is 5.70. The first-order valence-corrected chi connectivity index (χ1v) is 8.25. The summed E-state index contributed by atoms with van der Waals surface area (Å²) in [4.78, 5) is 11.8. The molecule has 1 saturated heterocycles. The van der Waals surface area contributed by atoms with Crippen LogP contribution in [0.3, 0.4) is 0 Å². The summed E-state index contributed by atoms with van der Waals surface area (Å²) < 4.78 is 30.3. The highest BCUT2D eigenvalue weighted by atomic mass is 19.1. The number of rotatable bonds is 7. The van der Waals surface area contributed by atoms with Crippen molar-refractivity contribution in [3.05, 3.63) is 35.3 Å². The summed E-state index contributed by atoms with van der Waals surface area (Å²) in [7, 11) is 0. The Balaban J connectivity index is 1.67. The molecular weight excluding hydrogens is 329 g/mol. The van der Waals surface area contributed by atoms with Crippen LogP contribution in [-0.4, -0.2) is 47.3 Å². The number of carbonyl (C=O) groups excluding carboxylic acids is 1. The average molecular weight is 349 g/mol. The number of halogens is 1. The quantitative estimate of drug-likeness (QED) is 0.773. The molecule has 0 aliphatic carbocycles. The van der Waals surface area contributed by atoms with Crippen molar-refractivity contribution in [2.75, 3.05) is 19.8 Å². The van der Waals surface area contributed by atoms with Gasteiger partial charge in [0.25, 0.3) is 0 Å². The smallest absolute Gasteiger partial charge is 0.361 e. The summed E-state index contributed by atoms with van der Waals surface area (Å²) in [6.07, 6.45) is 2.12. The lowest BCUT2D eigenvalue weighted by Gasteiger charge is -2.11. The molecular formula is C17H20FN3O4. The Hall–Kier alpha value is -2.32. The first-order valence-electron chi connectivity index (χ1n) is 8.25. The molecule has 0 saturated carbocycles. The molecule has 1 aromatic heterocycles. The molecule has 2 heterocycles. The van der Waals surface area contributed by atoms with Crippen molar-refractivity contribution in [2.24, 2.45) is 0 Å². The maximum atomic E-state index is 14.3. The van der Waals surface area contributed by atoms with E-state index in [1.165, 1.54) is 6.07 Å². The second-order valence-electron chi connectivity index (χ2n) is 5.70. The van der Waals surface area contributed by atoms with Crippen molar-refractivity contribution in [2.45, 2.75) is 32.5 Å². The van der Waals surface area contributed by atoms with Gasteiger partial charge in [0.1, 0.15) is 11.5 Å². The highest BCUT2D eigenvalue weighted by molar-refractivity contribution is 5.93. The number of ether oxygens (including phenoxy) is 3. The predicted octanol–water partition coefficient (Wildman–Crippen LogP) is 2.48. The third-order valence-corrected chi connectivity index (χ3v) is 3.93. The fourth-order valence-electron chi connectivity index (χ4n) is 2.66. The van der Waals surface area contributed by atoms with Crippen molar-refractivity contribution >= 4 is 5.97 Å². The van der Waals surface area contributed by atoms with E-state index in [4.69, 9.17) is 14.2 Å². The molecule has 3 rings (SSSR count). The minimum atomic E-state index is -0.601. The molecule has 25 heavy (non-hydrogen) atoms. The van der Waals surface area contributed by atoms with E-state index in [9.17, 15) is 9.18 Å². The van der Waals surface area contributed by atoms with Gasteiger partial charge in [-0.2, -0.15) is 10.3 Å². The zero-order valence-electron chi connectivity index (χ0n) is 14.0. The monoisotopic (exact) mass is 349 g/mol. The molecule has 134 valence electrons. The van der Waals surface area contributed by atoms with Crippen LogP contribution < -0.4 is 0 Å². The SMILES string of the molecule is CCOC(=O)c1n[nH]nc1-c1ccc(COCC2CCCO2)c(F)c1. The second kappa shape index (κ2) is 8.17. The standard InChI is InChI=1S/C17H20FN3O4/c1-2-24-17(22)16-15(19-21-20-16)11-5-6-12(14(18)8-11)9-23-10-13-4-3-7-25-13/h5-6,8,13H,2-4,7,9-10H2,1H3,(H,19,20,21). The van der Waals surface area contributed by atoms with E-state index in [0.717, 1.165) is 19.4 Å². The first kappa shape index (κ1) is 17.5. The van der Waals surface area contributed by atoms with Gasteiger partial charge in [-0.3, -0.25) is 0 Å². The number of carbonyl (C=O) groups is 1. The molecule has 7 nitrogen and oxygen atoms in total. The topological polar surface area (TPSA) is 86.3 Å². The molecule has 1 atom stereocenters. The summed E-state index contributed by atoms with van der Waals surface area (Å²) >= 11 is 0. The van der Waals surface area contributed by atoms with Crippen molar-refractivity contribution in [3.63, 3.8) is 0 Å². The van der Waals surface area contributed by atoms with Gasteiger partial charge in [0.2, 0.25) is 0 Å². The molecule has 1 aliphatic rings. The van der Waals surface area contributed by atoms with Gasteiger partial charge in [-0.1, -0.05) is 12.1 Å². The lowest BCUT2D eigenvalue weighted by Crippen LogP contribution is -2.14. The van der Waals surface area contributed by atoms with Crippen molar-refractivity contribution in [1.29, 1.82) is 0 Å². The van der Waals surface area contributed by atoms with Gasteiger partial charge < -0.3 is 14.2 Å². The first-order chi connectivity index (χ1) is 12.2. The van der Waals surface area contributed by atoms with Crippen LogP contribution in [0, 0.1) is 5.82 Å². The highest BCUT2D eigenvalue weighted by Crippen LogP contribution is 2.23. The predicted molar refractivity (Wildman–Crippen MR) is 86.4 cm³/mol. The zero-order valence-corrected chi connectivity index (χ0v) is 14.0. The Kier molecular flexibility index (Phi) is 5.72. The fourth-order valence-corrected chi connectivity index (χ4v) is 2.66. The van der Waals surface area contributed by atoms with E-state index in [1.807, 2.05) is 0 Å². The Labute approximate surface area is 144 Å². The van der Waals surface area contributed by atoms with Crippen LogP contribution in [0.4, 0.5) is 4.39 Å². The largest absolute Gasteiger partial charge is 0.461 e. The molecule has 1 N–H and O–H groups in total. The summed E-state index contributed by atoms with van der Waals surface area (Å²) in [5.74, 6) is -1.03. The fraction of sp³-hybridized carbons (Fsp3) is 0.471. The van der Waals surface area contributed by atoms with E-state index >= 15 is 0 Å². The number of esters is 1. The number of nitrogens with one attached hydrogen (secondary N) is 1. The molecule has 1 aliphatic heterocycles. The molecule has 1 aromatic carbocycles. The van der Waals surface area contributed by atoms with Crippen LogP contribution >= 0.6 is 0 Å². The van der Waals surface area contributed by atoms with Crippen molar-refractivity contribution in [1.82, 2.24) is 15.4 Å². The van der Waals surface area contributed by atoms with Crippen molar-refractivity contribution in [3.8, 4) is 11.3 Å². The summed E-state index contributed by atoms with van der Waals surface area (Å²) in [6.45, 7) is 3.30. The molecule has 0 radical (unpaired) electrons. The summed E-state index contributed by atoms with van der Waals surface area (Å²) in [6, 6.07) is 4.60. The minimum absolute atomic E-state index is 0.0311. The number of aromatic amines is 1. The molecule has 0 spiro atoms. The van der Waals surface area contributed by atoms with Crippen LogP contribution in [0.2, 0.25) is 0 Å². The average Bonchev–Trinajstić information content (AvgIpc) is 3.27. The van der Waals surface area contributed by atoms with E-state index in [2.05, 4.69) is 15.4 Å². The lowest BCUT2D eigenvalue weighted by atomic mass is 10.1. The molecule has 0 amide bonds. The van der Waals surface area contributed by atoms with Gasteiger partial charge in [-0.15, -0.1) is 5.10 Å². The van der Waals surface area contributed by atoms with Crippen LogP contribution in [0.1, 0.15) is 35.8 Å². The molecule has 1 unspecified atom stereocenters. The number of aromatic nitrogens is 3. The number of hydrogen-bond acceptors (Lipinski definition) is 6. The van der Waals surface area contributed by atoms with Gasteiger partial charge in [0.15, 0.2) is 5.69 Å². The van der Waals surface area contributed by atoms with Gasteiger partial charge in [-0.25, -0.2) is 9.18 Å². The number of benzene rings is 1.